The molecule has 142 valence electrons. The number of carbonyl (C=O) groups is 1. The van der Waals surface area contributed by atoms with E-state index >= 15 is 0 Å². The van der Waals surface area contributed by atoms with E-state index in [1.807, 2.05) is 24.3 Å². The Balaban J connectivity index is 1.74. The number of hydrogen-bond donors (Lipinski definition) is 1. The van der Waals surface area contributed by atoms with E-state index in [0.717, 1.165) is 22.9 Å². The molecule has 0 fully saturated rings. The highest BCUT2D eigenvalue weighted by Crippen LogP contribution is 2.48. The van der Waals surface area contributed by atoms with Crippen molar-refractivity contribution in [3.05, 3.63) is 81.9 Å². The number of Topliss-reactive ketones (excluding diaryl/α,β-unsaturated/α-hetero) is 1. The molecule has 1 aliphatic carbocycles. The summed E-state index contributed by atoms with van der Waals surface area (Å²) >= 11 is 1.60. The van der Waals surface area contributed by atoms with E-state index in [0.29, 0.717) is 23.3 Å². The Morgan fingerprint density at radius 2 is 2.00 bits per heavy atom. The van der Waals surface area contributed by atoms with E-state index in [4.69, 9.17) is 4.42 Å². The van der Waals surface area contributed by atoms with Crippen LogP contribution in [0.1, 0.15) is 43.9 Å². The molecule has 5 heteroatoms. The fourth-order valence-electron chi connectivity index (χ4n) is 3.96. The summed E-state index contributed by atoms with van der Waals surface area (Å²) in [6.07, 6.45) is 2.86. The van der Waals surface area contributed by atoms with E-state index in [2.05, 4.69) is 37.4 Å². The lowest BCUT2D eigenvalue weighted by atomic mass is 9.70. The van der Waals surface area contributed by atoms with Crippen LogP contribution in [0, 0.1) is 16.7 Å². The highest BCUT2D eigenvalue weighted by atomic mass is 32.2. The highest BCUT2D eigenvalue weighted by molar-refractivity contribution is 8.02. The molecule has 1 aromatic carbocycles. The largest absolute Gasteiger partial charge is 0.468 e. The van der Waals surface area contributed by atoms with Crippen LogP contribution in [0.5, 0.6) is 0 Å². The average molecular weight is 391 g/mol. The number of nitrogens with one attached hydrogen (secondary N) is 1. The number of nitriles is 1. The van der Waals surface area contributed by atoms with Gasteiger partial charge in [0.2, 0.25) is 0 Å². The molecule has 2 heterocycles. The smallest absolute Gasteiger partial charge is 0.162 e. The number of hydrogen-bond acceptors (Lipinski definition) is 5. The topological polar surface area (TPSA) is 66.0 Å². The van der Waals surface area contributed by atoms with Crippen molar-refractivity contribution in [1.82, 2.24) is 5.32 Å². The fraction of sp³-hybridized carbons (Fsp3) is 0.304. The van der Waals surface area contributed by atoms with Crippen molar-refractivity contribution in [1.29, 1.82) is 5.26 Å². The Hall–Kier alpha value is -2.71. The van der Waals surface area contributed by atoms with E-state index < -0.39 is 5.92 Å². The minimum absolute atomic E-state index is 0.0972. The van der Waals surface area contributed by atoms with E-state index in [1.165, 1.54) is 5.56 Å². The van der Waals surface area contributed by atoms with Gasteiger partial charge in [0.15, 0.2) is 5.78 Å². The number of thioether (sulfide) groups is 1. The molecule has 2 aliphatic rings. The second kappa shape index (κ2) is 7.37. The number of ketones is 1. The third-order valence-corrected chi connectivity index (χ3v) is 6.27. The molecule has 0 amide bonds. The lowest BCUT2D eigenvalue weighted by Gasteiger charge is -2.38. The summed E-state index contributed by atoms with van der Waals surface area (Å²) in [6.45, 7) is 4.22. The van der Waals surface area contributed by atoms with Gasteiger partial charge in [-0.05, 0) is 29.5 Å². The SMILES string of the molecule is CC1(C)CC(=O)C2=C(C1)NC(SCc1ccccc1)=C(C#N)C2c1ccco1. The normalized spacial score (nSPS) is 21.2. The van der Waals surface area contributed by atoms with Crippen LogP contribution in [0.25, 0.3) is 0 Å². The third-order valence-electron chi connectivity index (χ3n) is 5.18. The standard InChI is InChI=1S/C23H22N2O2S/c1-23(2)11-17-21(18(26)12-23)20(19-9-6-10-27-19)16(13-24)22(25-17)28-14-15-7-4-3-5-8-15/h3-10,20,25H,11-12,14H2,1-2H3. The Kier molecular flexibility index (Phi) is 4.91. The molecule has 0 saturated carbocycles. The minimum atomic E-state index is -0.432. The van der Waals surface area contributed by atoms with Crippen LogP contribution < -0.4 is 5.32 Å². The van der Waals surface area contributed by atoms with Gasteiger partial charge in [-0.25, -0.2) is 0 Å². The van der Waals surface area contributed by atoms with Crippen LogP contribution in [0.4, 0.5) is 0 Å². The van der Waals surface area contributed by atoms with Crippen molar-refractivity contribution < 1.29 is 9.21 Å². The first kappa shape index (κ1) is 18.6. The molecule has 1 aliphatic heterocycles. The summed E-state index contributed by atoms with van der Waals surface area (Å²) in [5.74, 6) is 1.06. The van der Waals surface area contributed by atoms with Crippen LogP contribution in [0.2, 0.25) is 0 Å². The van der Waals surface area contributed by atoms with Gasteiger partial charge < -0.3 is 9.73 Å². The van der Waals surface area contributed by atoms with Crippen molar-refractivity contribution in [2.75, 3.05) is 0 Å². The van der Waals surface area contributed by atoms with Crippen LogP contribution in [-0.4, -0.2) is 5.78 Å². The summed E-state index contributed by atoms with van der Waals surface area (Å²) in [4.78, 5) is 13.0. The maximum atomic E-state index is 13.0. The molecule has 28 heavy (non-hydrogen) atoms. The predicted molar refractivity (Wildman–Crippen MR) is 110 cm³/mol. The maximum Gasteiger partial charge on any atom is 0.162 e. The Labute approximate surface area is 169 Å². The van der Waals surface area contributed by atoms with Crippen LogP contribution in [0.15, 0.2) is 75.0 Å². The van der Waals surface area contributed by atoms with Crippen molar-refractivity contribution in [3.8, 4) is 6.07 Å². The average Bonchev–Trinajstić information content (AvgIpc) is 3.19. The third kappa shape index (κ3) is 3.53. The lowest BCUT2D eigenvalue weighted by Crippen LogP contribution is -2.36. The number of allylic oxidation sites excluding steroid dienone is 3. The van der Waals surface area contributed by atoms with Crippen molar-refractivity contribution in [2.24, 2.45) is 5.41 Å². The van der Waals surface area contributed by atoms with Crippen molar-refractivity contribution in [2.45, 2.75) is 38.4 Å². The lowest BCUT2D eigenvalue weighted by molar-refractivity contribution is -0.118. The minimum Gasteiger partial charge on any atom is -0.468 e. The second-order valence-electron chi connectivity index (χ2n) is 8.04. The first-order chi connectivity index (χ1) is 13.5. The zero-order valence-corrected chi connectivity index (χ0v) is 16.8. The number of nitrogens with zero attached hydrogens (tertiary/aromatic N) is 1. The van der Waals surface area contributed by atoms with E-state index in [-0.39, 0.29) is 11.2 Å². The van der Waals surface area contributed by atoms with Crippen LogP contribution in [-0.2, 0) is 10.5 Å². The monoisotopic (exact) mass is 390 g/mol. The first-order valence-electron chi connectivity index (χ1n) is 9.36. The van der Waals surface area contributed by atoms with Gasteiger partial charge >= 0.3 is 0 Å². The van der Waals surface area contributed by atoms with Gasteiger partial charge in [0.25, 0.3) is 0 Å². The maximum absolute atomic E-state index is 13.0. The van der Waals surface area contributed by atoms with Gasteiger partial charge in [0, 0.05) is 23.4 Å². The van der Waals surface area contributed by atoms with Gasteiger partial charge in [-0.3, -0.25) is 4.79 Å². The van der Waals surface area contributed by atoms with E-state index in [9.17, 15) is 10.1 Å². The number of carbonyl (C=O) groups excluding carboxylic acids is 1. The predicted octanol–water partition coefficient (Wildman–Crippen LogP) is 5.28. The molecule has 1 N–H and O–H groups in total. The zero-order chi connectivity index (χ0) is 19.7. The quantitative estimate of drug-likeness (QED) is 0.769. The molecular weight excluding hydrogens is 368 g/mol. The van der Waals surface area contributed by atoms with Crippen molar-refractivity contribution >= 4 is 17.5 Å². The number of rotatable bonds is 4. The van der Waals surface area contributed by atoms with Crippen molar-refractivity contribution in [3.63, 3.8) is 0 Å². The molecule has 2 aromatic rings. The summed E-state index contributed by atoms with van der Waals surface area (Å²) in [5, 5.41) is 14.2. The van der Waals surface area contributed by atoms with Gasteiger partial charge in [0.05, 0.1) is 28.9 Å². The molecule has 0 bridgehead atoms. The zero-order valence-electron chi connectivity index (χ0n) is 16.0. The fourth-order valence-corrected chi connectivity index (χ4v) is 4.98. The van der Waals surface area contributed by atoms with E-state index in [1.54, 1.807) is 24.1 Å². The molecule has 1 atom stereocenters. The van der Waals surface area contributed by atoms with Gasteiger partial charge in [0.1, 0.15) is 5.76 Å². The van der Waals surface area contributed by atoms with Gasteiger partial charge in [-0.15, -0.1) is 11.8 Å². The molecular formula is C23H22N2O2S. The van der Waals surface area contributed by atoms with Crippen LogP contribution >= 0.6 is 11.8 Å². The Morgan fingerprint density at radius 3 is 2.68 bits per heavy atom. The molecule has 0 radical (unpaired) electrons. The molecule has 0 spiro atoms. The second-order valence-corrected chi connectivity index (χ2v) is 9.02. The highest BCUT2D eigenvalue weighted by Gasteiger charge is 2.42. The molecule has 1 aromatic heterocycles. The Morgan fingerprint density at radius 1 is 1.21 bits per heavy atom. The summed E-state index contributed by atoms with van der Waals surface area (Å²) in [5.41, 5.74) is 3.26. The Bertz CT molecular complexity index is 995. The van der Waals surface area contributed by atoms with Gasteiger partial charge in [-0.1, -0.05) is 44.2 Å². The number of dihydropyridines is 1. The summed E-state index contributed by atoms with van der Waals surface area (Å²) < 4.78 is 5.66. The number of benzene rings is 1. The first-order valence-corrected chi connectivity index (χ1v) is 10.3. The number of furan rings is 1. The van der Waals surface area contributed by atoms with Gasteiger partial charge in [-0.2, -0.15) is 5.26 Å². The molecule has 4 nitrogen and oxygen atoms in total. The summed E-state index contributed by atoms with van der Waals surface area (Å²) in [6, 6.07) is 16.2. The molecule has 0 saturated heterocycles. The molecule has 4 rings (SSSR count). The summed E-state index contributed by atoms with van der Waals surface area (Å²) in [7, 11) is 0. The molecule has 1 unspecified atom stereocenters. The van der Waals surface area contributed by atoms with Crippen LogP contribution in [0.3, 0.4) is 0 Å².